The average molecular weight is 298 g/mol. The Labute approximate surface area is 130 Å². The second kappa shape index (κ2) is 4.39. The minimum atomic E-state index is -0.620. The summed E-state index contributed by atoms with van der Waals surface area (Å²) in [6.45, 7) is 6.60. The number of ether oxygens (including phenoxy) is 1. The van der Waals surface area contributed by atoms with Crippen molar-refractivity contribution in [1.82, 2.24) is 0 Å². The minimum Gasteiger partial charge on any atom is -0.504 e. The SMILES string of the molecule is Cc1ccc2c3c(c(O)c4c2c1C(O)CO4)C(C)(C)CCC3. The molecule has 2 N–H and O–H groups in total. The maximum Gasteiger partial charge on any atom is 0.169 e. The van der Waals surface area contributed by atoms with Crippen LogP contribution < -0.4 is 4.74 Å². The zero-order valence-corrected chi connectivity index (χ0v) is 13.4. The summed E-state index contributed by atoms with van der Waals surface area (Å²) < 4.78 is 5.75. The standard InChI is InChI=1S/C19H22O3/c1-10-6-7-11-12-5-4-8-19(2,3)16(12)17(21)18-15(11)14(10)13(20)9-22-18/h6-7,13,20-21H,4-5,8-9H2,1-3H3. The Morgan fingerprint density at radius 3 is 2.82 bits per heavy atom. The topological polar surface area (TPSA) is 49.7 Å². The van der Waals surface area contributed by atoms with Gasteiger partial charge in [0.15, 0.2) is 11.5 Å². The van der Waals surface area contributed by atoms with Crippen molar-refractivity contribution >= 4 is 10.8 Å². The summed E-state index contributed by atoms with van der Waals surface area (Å²) in [4.78, 5) is 0. The van der Waals surface area contributed by atoms with Gasteiger partial charge >= 0.3 is 0 Å². The van der Waals surface area contributed by atoms with Gasteiger partial charge < -0.3 is 14.9 Å². The van der Waals surface area contributed by atoms with Crippen LogP contribution in [0.15, 0.2) is 12.1 Å². The van der Waals surface area contributed by atoms with E-state index in [-0.39, 0.29) is 17.8 Å². The lowest BCUT2D eigenvalue weighted by Gasteiger charge is -2.36. The van der Waals surface area contributed by atoms with Gasteiger partial charge in [-0.25, -0.2) is 0 Å². The predicted molar refractivity (Wildman–Crippen MR) is 86.8 cm³/mol. The first-order chi connectivity index (χ1) is 10.4. The van der Waals surface area contributed by atoms with Crippen LogP contribution in [0.2, 0.25) is 0 Å². The molecule has 3 nitrogen and oxygen atoms in total. The monoisotopic (exact) mass is 298 g/mol. The second-order valence-corrected chi connectivity index (χ2v) is 7.31. The van der Waals surface area contributed by atoms with Gasteiger partial charge in [-0.3, -0.25) is 0 Å². The number of phenolic OH excluding ortho intramolecular Hbond substituents is 1. The molecule has 0 radical (unpaired) electrons. The molecular formula is C19H22O3. The van der Waals surface area contributed by atoms with Crippen LogP contribution in [0.1, 0.15) is 55.0 Å². The van der Waals surface area contributed by atoms with E-state index in [1.807, 2.05) is 6.92 Å². The zero-order chi connectivity index (χ0) is 15.6. The molecule has 0 saturated heterocycles. The summed E-state index contributed by atoms with van der Waals surface area (Å²) in [7, 11) is 0. The lowest BCUT2D eigenvalue weighted by molar-refractivity contribution is 0.101. The van der Waals surface area contributed by atoms with Crippen molar-refractivity contribution in [3.8, 4) is 11.5 Å². The number of fused-ring (bicyclic) bond motifs is 2. The van der Waals surface area contributed by atoms with Gasteiger partial charge in [0.25, 0.3) is 0 Å². The molecule has 1 aliphatic heterocycles. The van der Waals surface area contributed by atoms with E-state index in [1.54, 1.807) is 0 Å². The van der Waals surface area contributed by atoms with Crippen molar-refractivity contribution in [3.63, 3.8) is 0 Å². The first kappa shape index (κ1) is 13.9. The molecule has 2 aromatic rings. The minimum absolute atomic E-state index is 0.0488. The van der Waals surface area contributed by atoms with E-state index in [9.17, 15) is 10.2 Å². The maximum atomic E-state index is 10.9. The molecule has 0 aromatic heterocycles. The highest BCUT2D eigenvalue weighted by molar-refractivity contribution is 5.99. The second-order valence-electron chi connectivity index (χ2n) is 7.31. The molecule has 1 unspecified atom stereocenters. The summed E-state index contributed by atoms with van der Waals surface area (Å²) in [6, 6.07) is 4.20. The summed E-state index contributed by atoms with van der Waals surface area (Å²) >= 11 is 0. The summed E-state index contributed by atoms with van der Waals surface area (Å²) in [6.07, 6.45) is 2.55. The van der Waals surface area contributed by atoms with Crippen molar-refractivity contribution in [1.29, 1.82) is 0 Å². The molecule has 0 fully saturated rings. The molecule has 0 bridgehead atoms. The number of rotatable bonds is 0. The maximum absolute atomic E-state index is 10.9. The van der Waals surface area contributed by atoms with Crippen LogP contribution in [-0.2, 0) is 11.8 Å². The first-order valence-corrected chi connectivity index (χ1v) is 8.04. The van der Waals surface area contributed by atoms with Gasteiger partial charge in [0.1, 0.15) is 12.7 Å². The third kappa shape index (κ3) is 1.66. The van der Waals surface area contributed by atoms with E-state index < -0.39 is 6.10 Å². The number of hydrogen-bond acceptors (Lipinski definition) is 3. The molecule has 2 aromatic carbocycles. The predicted octanol–water partition coefficient (Wildman–Crippen LogP) is 3.89. The Morgan fingerprint density at radius 1 is 1.27 bits per heavy atom. The van der Waals surface area contributed by atoms with E-state index in [0.29, 0.717) is 5.75 Å². The molecule has 0 spiro atoms. The Morgan fingerprint density at radius 2 is 2.05 bits per heavy atom. The van der Waals surface area contributed by atoms with Crippen LogP contribution in [0.5, 0.6) is 11.5 Å². The number of phenols is 1. The van der Waals surface area contributed by atoms with E-state index in [0.717, 1.165) is 46.7 Å². The summed E-state index contributed by atoms with van der Waals surface area (Å²) in [5, 5.41) is 23.3. The number of benzene rings is 2. The van der Waals surface area contributed by atoms with Gasteiger partial charge in [0.05, 0.1) is 0 Å². The smallest absolute Gasteiger partial charge is 0.169 e. The van der Waals surface area contributed by atoms with Crippen molar-refractivity contribution in [2.75, 3.05) is 6.61 Å². The Kier molecular flexibility index (Phi) is 2.77. The molecule has 116 valence electrons. The van der Waals surface area contributed by atoms with E-state index in [1.165, 1.54) is 5.56 Å². The normalized spacial score (nSPS) is 22.3. The van der Waals surface area contributed by atoms with Gasteiger partial charge in [0, 0.05) is 10.9 Å². The van der Waals surface area contributed by atoms with Gasteiger partial charge in [0.2, 0.25) is 0 Å². The lowest BCUT2D eigenvalue weighted by atomic mass is 9.70. The fraction of sp³-hybridized carbons (Fsp3) is 0.474. The zero-order valence-electron chi connectivity index (χ0n) is 13.4. The fourth-order valence-corrected chi connectivity index (χ4v) is 4.37. The highest BCUT2D eigenvalue weighted by atomic mass is 16.5. The van der Waals surface area contributed by atoms with Gasteiger partial charge in [-0.15, -0.1) is 0 Å². The quantitative estimate of drug-likeness (QED) is 0.775. The van der Waals surface area contributed by atoms with Crippen molar-refractivity contribution in [2.24, 2.45) is 0 Å². The van der Waals surface area contributed by atoms with Gasteiger partial charge in [-0.05, 0) is 53.7 Å². The third-order valence-corrected chi connectivity index (χ3v) is 5.39. The third-order valence-electron chi connectivity index (χ3n) is 5.39. The molecule has 0 amide bonds. The Bertz CT molecular complexity index is 789. The van der Waals surface area contributed by atoms with Crippen molar-refractivity contribution < 1.29 is 14.9 Å². The first-order valence-electron chi connectivity index (χ1n) is 8.04. The Hall–Kier alpha value is -1.74. The van der Waals surface area contributed by atoms with Crippen LogP contribution in [-0.4, -0.2) is 16.8 Å². The molecule has 1 atom stereocenters. The van der Waals surface area contributed by atoms with Gasteiger partial charge in [-0.2, -0.15) is 0 Å². The highest BCUT2D eigenvalue weighted by Crippen LogP contribution is 2.53. The number of hydrogen-bond donors (Lipinski definition) is 2. The molecule has 4 rings (SSSR count). The van der Waals surface area contributed by atoms with Crippen LogP contribution in [0, 0.1) is 6.92 Å². The average Bonchev–Trinajstić information content (AvgIpc) is 2.45. The fourth-order valence-electron chi connectivity index (χ4n) is 4.37. The number of aliphatic hydroxyl groups is 1. The van der Waals surface area contributed by atoms with Crippen LogP contribution in [0.3, 0.4) is 0 Å². The molecule has 22 heavy (non-hydrogen) atoms. The van der Waals surface area contributed by atoms with E-state index in [2.05, 4.69) is 26.0 Å². The molecule has 0 saturated carbocycles. The van der Waals surface area contributed by atoms with Crippen molar-refractivity contribution in [3.05, 3.63) is 34.4 Å². The molecule has 1 heterocycles. The Balaban J connectivity index is 2.20. The summed E-state index contributed by atoms with van der Waals surface area (Å²) in [5.41, 5.74) is 4.19. The van der Waals surface area contributed by atoms with E-state index >= 15 is 0 Å². The lowest BCUT2D eigenvalue weighted by Crippen LogP contribution is -2.26. The number of aliphatic hydroxyl groups excluding tert-OH is 1. The van der Waals surface area contributed by atoms with Crippen LogP contribution >= 0.6 is 0 Å². The number of aromatic hydroxyl groups is 1. The molecular weight excluding hydrogens is 276 g/mol. The molecule has 3 heteroatoms. The largest absolute Gasteiger partial charge is 0.504 e. The molecule has 2 aliphatic rings. The van der Waals surface area contributed by atoms with Crippen molar-refractivity contribution in [2.45, 2.75) is 51.6 Å². The van der Waals surface area contributed by atoms with Crippen LogP contribution in [0.4, 0.5) is 0 Å². The van der Waals surface area contributed by atoms with Crippen LogP contribution in [0.25, 0.3) is 10.8 Å². The summed E-state index contributed by atoms with van der Waals surface area (Å²) in [5.74, 6) is 0.846. The number of aryl methyl sites for hydroxylation is 2. The van der Waals surface area contributed by atoms with E-state index in [4.69, 9.17) is 4.74 Å². The molecule has 1 aliphatic carbocycles. The van der Waals surface area contributed by atoms with Gasteiger partial charge in [-0.1, -0.05) is 26.0 Å². The highest BCUT2D eigenvalue weighted by Gasteiger charge is 2.36.